The minimum absolute atomic E-state index is 0.166. The fourth-order valence-corrected chi connectivity index (χ4v) is 1.77. The lowest BCUT2D eigenvalue weighted by molar-refractivity contribution is 0.603. The van der Waals surface area contributed by atoms with Crippen molar-refractivity contribution in [3.63, 3.8) is 0 Å². The van der Waals surface area contributed by atoms with E-state index in [1.807, 2.05) is 19.1 Å². The molecule has 0 radical (unpaired) electrons. The van der Waals surface area contributed by atoms with Crippen LogP contribution in [0.25, 0.3) is 11.5 Å². The largest absolute Gasteiger partial charge is 0.253 e. The SMILES string of the molecule is CCc1cccnc1-c1nc(C)c(F)c(Cl)n1. The van der Waals surface area contributed by atoms with Crippen molar-refractivity contribution in [2.45, 2.75) is 20.3 Å². The standard InChI is InChI=1S/C12H11ClFN3/c1-3-8-5-4-6-15-10(8)12-16-7(2)9(14)11(13)17-12/h4-6H,3H2,1-2H3. The molecule has 0 saturated carbocycles. The summed E-state index contributed by atoms with van der Waals surface area (Å²) in [5, 5.41) is -0.166. The molecule has 0 aromatic carbocycles. The highest BCUT2D eigenvalue weighted by molar-refractivity contribution is 6.29. The molecule has 0 aliphatic heterocycles. The summed E-state index contributed by atoms with van der Waals surface area (Å²) in [6, 6.07) is 3.79. The molecule has 0 saturated heterocycles. The third-order valence-corrected chi connectivity index (χ3v) is 2.71. The van der Waals surface area contributed by atoms with Crippen molar-refractivity contribution in [1.82, 2.24) is 15.0 Å². The molecular weight excluding hydrogens is 241 g/mol. The molecule has 0 aliphatic carbocycles. The van der Waals surface area contributed by atoms with E-state index in [4.69, 9.17) is 11.6 Å². The number of aryl methyl sites for hydroxylation is 2. The molecule has 3 nitrogen and oxygen atoms in total. The fraction of sp³-hybridized carbons (Fsp3) is 0.250. The van der Waals surface area contributed by atoms with Gasteiger partial charge in [-0.15, -0.1) is 0 Å². The molecule has 5 heteroatoms. The van der Waals surface area contributed by atoms with Gasteiger partial charge in [0, 0.05) is 6.20 Å². The molecule has 88 valence electrons. The molecule has 0 aliphatic rings. The van der Waals surface area contributed by atoms with E-state index in [9.17, 15) is 4.39 Å². The third-order valence-electron chi connectivity index (χ3n) is 2.46. The van der Waals surface area contributed by atoms with E-state index in [-0.39, 0.29) is 10.8 Å². The van der Waals surface area contributed by atoms with Gasteiger partial charge in [0.25, 0.3) is 0 Å². The van der Waals surface area contributed by atoms with Crippen LogP contribution < -0.4 is 0 Å². The summed E-state index contributed by atoms with van der Waals surface area (Å²) in [5.41, 5.74) is 1.89. The highest BCUT2D eigenvalue weighted by Crippen LogP contribution is 2.22. The maximum atomic E-state index is 13.3. The lowest BCUT2D eigenvalue weighted by Gasteiger charge is -2.06. The molecule has 2 aromatic rings. The van der Waals surface area contributed by atoms with Crippen LogP contribution in [0.1, 0.15) is 18.2 Å². The van der Waals surface area contributed by atoms with Crippen LogP contribution in [-0.4, -0.2) is 15.0 Å². The van der Waals surface area contributed by atoms with Crippen molar-refractivity contribution >= 4 is 11.6 Å². The molecule has 0 bridgehead atoms. The second kappa shape index (κ2) is 4.75. The number of halogens is 2. The van der Waals surface area contributed by atoms with Crippen LogP contribution in [0.2, 0.25) is 5.15 Å². The van der Waals surface area contributed by atoms with E-state index in [1.165, 1.54) is 0 Å². The molecular formula is C12H11ClFN3. The summed E-state index contributed by atoms with van der Waals surface area (Å²) >= 11 is 5.71. The first-order valence-electron chi connectivity index (χ1n) is 5.27. The number of hydrogen-bond donors (Lipinski definition) is 0. The van der Waals surface area contributed by atoms with Gasteiger partial charge in [0.1, 0.15) is 5.69 Å². The topological polar surface area (TPSA) is 38.7 Å². The second-order valence-corrected chi connectivity index (χ2v) is 3.96. The van der Waals surface area contributed by atoms with Gasteiger partial charge >= 0.3 is 0 Å². The zero-order valence-corrected chi connectivity index (χ0v) is 10.3. The maximum absolute atomic E-state index is 13.3. The van der Waals surface area contributed by atoms with Crippen molar-refractivity contribution in [2.75, 3.05) is 0 Å². The van der Waals surface area contributed by atoms with Crippen molar-refractivity contribution in [2.24, 2.45) is 0 Å². The summed E-state index contributed by atoms with van der Waals surface area (Å²) in [7, 11) is 0. The first-order valence-corrected chi connectivity index (χ1v) is 5.65. The fourth-order valence-electron chi connectivity index (χ4n) is 1.56. The zero-order chi connectivity index (χ0) is 12.4. The van der Waals surface area contributed by atoms with Crippen LogP contribution in [0.3, 0.4) is 0 Å². The normalized spacial score (nSPS) is 10.6. The zero-order valence-electron chi connectivity index (χ0n) is 9.54. The van der Waals surface area contributed by atoms with E-state index < -0.39 is 5.82 Å². The quantitative estimate of drug-likeness (QED) is 0.770. The van der Waals surface area contributed by atoms with Crippen LogP contribution in [0.5, 0.6) is 0 Å². The lowest BCUT2D eigenvalue weighted by atomic mass is 10.1. The van der Waals surface area contributed by atoms with Crippen molar-refractivity contribution < 1.29 is 4.39 Å². The number of pyridine rings is 1. The Kier molecular flexibility index (Phi) is 3.33. The van der Waals surface area contributed by atoms with E-state index in [0.29, 0.717) is 11.5 Å². The summed E-state index contributed by atoms with van der Waals surface area (Å²) in [6.07, 6.45) is 2.46. The molecule has 0 fully saturated rings. The van der Waals surface area contributed by atoms with Gasteiger partial charge in [-0.05, 0) is 25.0 Å². The number of nitrogens with zero attached hydrogens (tertiary/aromatic N) is 3. The van der Waals surface area contributed by atoms with Gasteiger partial charge in [-0.1, -0.05) is 24.6 Å². The number of hydrogen-bond acceptors (Lipinski definition) is 3. The average Bonchev–Trinajstić information content (AvgIpc) is 2.35. The van der Waals surface area contributed by atoms with Gasteiger partial charge in [0.05, 0.1) is 5.69 Å². The van der Waals surface area contributed by atoms with Gasteiger partial charge in [-0.2, -0.15) is 0 Å². The second-order valence-electron chi connectivity index (χ2n) is 3.60. The molecule has 0 spiro atoms. The lowest BCUT2D eigenvalue weighted by Crippen LogP contribution is -2.01. The van der Waals surface area contributed by atoms with E-state index in [2.05, 4.69) is 15.0 Å². The van der Waals surface area contributed by atoms with Crippen LogP contribution in [0.4, 0.5) is 4.39 Å². The van der Waals surface area contributed by atoms with Crippen molar-refractivity contribution in [3.8, 4) is 11.5 Å². The maximum Gasteiger partial charge on any atom is 0.181 e. The van der Waals surface area contributed by atoms with E-state index in [1.54, 1.807) is 13.1 Å². The van der Waals surface area contributed by atoms with Gasteiger partial charge in [0.2, 0.25) is 0 Å². The molecule has 0 atom stereocenters. The molecule has 0 unspecified atom stereocenters. The van der Waals surface area contributed by atoms with Crippen LogP contribution in [0, 0.1) is 12.7 Å². The third kappa shape index (κ3) is 2.26. The molecule has 17 heavy (non-hydrogen) atoms. The average molecular weight is 252 g/mol. The van der Waals surface area contributed by atoms with Gasteiger partial charge in [-0.3, -0.25) is 4.98 Å². The van der Waals surface area contributed by atoms with Crippen LogP contribution >= 0.6 is 11.6 Å². The highest BCUT2D eigenvalue weighted by atomic mass is 35.5. The Morgan fingerprint density at radius 1 is 1.35 bits per heavy atom. The Labute approximate surface area is 104 Å². The van der Waals surface area contributed by atoms with Crippen LogP contribution in [-0.2, 0) is 6.42 Å². The Morgan fingerprint density at radius 2 is 2.12 bits per heavy atom. The van der Waals surface area contributed by atoms with Crippen LogP contribution in [0.15, 0.2) is 18.3 Å². The van der Waals surface area contributed by atoms with E-state index in [0.717, 1.165) is 12.0 Å². The minimum Gasteiger partial charge on any atom is -0.253 e. The van der Waals surface area contributed by atoms with Gasteiger partial charge < -0.3 is 0 Å². The smallest absolute Gasteiger partial charge is 0.181 e. The first kappa shape index (κ1) is 11.9. The predicted molar refractivity (Wildman–Crippen MR) is 64.3 cm³/mol. The molecule has 2 rings (SSSR count). The Bertz CT molecular complexity index is 534. The van der Waals surface area contributed by atoms with Crippen molar-refractivity contribution in [3.05, 3.63) is 40.6 Å². The number of rotatable bonds is 2. The Morgan fingerprint density at radius 3 is 2.76 bits per heavy atom. The summed E-state index contributed by atoms with van der Waals surface area (Å²) < 4.78 is 13.3. The van der Waals surface area contributed by atoms with Gasteiger partial charge in [-0.25, -0.2) is 14.4 Å². The monoisotopic (exact) mass is 251 g/mol. The minimum atomic E-state index is -0.579. The molecule has 2 heterocycles. The van der Waals surface area contributed by atoms with E-state index >= 15 is 0 Å². The van der Waals surface area contributed by atoms with Crippen molar-refractivity contribution in [1.29, 1.82) is 0 Å². The summed E-state index contributed by atoms with van der Waals surface area (Å²) in [6.45, 7) is 3.57. The number of aromatic nitrogens is 3. The molecule has 2 aromatic heterocycles. The highest BCUT2D eigenvalue weighted by Gasteiger charge is 2.13. The Hall–Kier alpha value is -1.55. The van der Waals surface area contributed by atoms with Gasteiger partial charge in [0.15, 0.2) is 16.8 Å². The first-order chi connectivity index (χ1) is 8.13. The molecule has 0 amide bonds. The Balaban J connectivity index is 2.61. The predicted octanol–water partition coefficient (Wildman–Crippen LogP) is 3.20. The summed E-state index contributed by atoms with van der Waals surface area (Å²) in [5.74, 6) is -0.212. The summed E-state index contributed by atoms with van der Waals surface area (Å²) in [4.78, 5) is 12.2. The molecule has 0 N–H and O–H groups in total.